The molecule has 3 rings (SSSR count). The van der Waals surface area contributed by atoms with Crippen LogP contribution in [0.25, 0.3) is 22.3 Å². The number of carboxylic acid groups (broad SMARTS) is 2. The van der Waals surface area contributed by atoms with E-state index in [-0.39, 0.29) is 28.2 Å². The Labute approximate surface area is 159 Å². The van der Waals surface area contributed by atoms with Gasteiger partial charge in [0, 0.05) is 11.1 Å². The van der Waals surface area contributed by atoms with Crippen molar-refractivity contribution in [2.45, 2.75) is 6.92 Å². The lowest BCUT2D eigenvalue weighted by Crippen LogP contribution is -1.99. The number of phenols is 3. The van der Waals surface area contributed by atoms with E-state index >= 15 is 0 Å². The zero-order chi connectivity index (χ0) is 20.6. The molecule has 0 saturated heterocycles. The van der Waals surface area contributed by atoms with Crippen LogP contribution in [0.4, 0.5) is 0 Å². The first-order valence-electron chi connectivity index (χ1n) is 8.16. The summed E-state index contributed by atoms with van der Waals surface area (Å²) in [5.74, 6) is -3.18. The van der Waals surface area contributed by atoms with Crippen molar-refractivity contribution in [3.8, 4) is 39.5 Å². The number of aromatic hydroxyl groups is 3. The van der Waals surface area contributed by atoms with Crippen molar-refractivity contribution in [2.24, 2.45) is 0 Å². The minimum atomic E-state index is -1.29. The minimum Gasteiger partial charge on any atom is -0.507 e. The van der Waals surface area contributed by atoms with Gasteiger partial charge >= 0.3 is 11.9 Å². The molecule has 0 fully saturated rings. The first kappa shape index (κ1) is 18.8. The summed E-state index contributed by atoms with van der Waals surface area (Å²) in [6, 6.07) is 10.9. The number of aryl methyl sites for hydroxylation is 1. The highest BCUT2D eigenvalue weighted by atomic mass is 16.4. The van der Waals surface area contributed by atoms with Crippen molar-refractivity contribution >= 4 is 11.9 Å². The van der Waals surface area contributed by atoms with Crippen molar-refractivity contribution in [1.29, 1.82) is 0 Å². The molecule has 0 unspecified atom stereocenters. The van der Waals surface area contributed by atoms with Crippen LogP contribution in [0.15, 0.2) is 48.5 Å². The third-order valence-corrected chi connectivity index (χ3v) is 4.42. The van der Waals surface area contributed by atoms with Crippen molar-refractivity contribution < 1.29 is 35.1 Å². The fourth-order valence-corrected chi connectivity index (χ4v) is 2.99. The molecule has 3 aromatic rings. The molecule has 3 aromatic carbocycles. The van der Waals surface area contributed by atoms with E-state index in [1.165, 1.54) is 42.5 Å². The Morgan fingerprint density at radius 3 is 1.54 bits per heavy atom. The van der Waals surface area contributed by atoms with E-state index in [9.17, 15) is 24.9 Å². The van der Waals surface area contributed by atoms with Gasteiger partial charge in [0.05, 0.1) is 5.56 Å². The van der Waals surface area contributed by atoms with Gasteiger partial charge < -0.3 is 25.5 Å². The van der Waals surface area contributed by atoms with E-state index in [2.05, 4.69) is 0 Å². The summed E-state index contributed by atoms with van der Waals surface area (Å²) in [7, 11) is 0. The normalized spacial score (nSPS) is 10.6. The molecule has 0 amide bonds. The minimum absolute atomic E-state index is 0.137. The smallest absolute Gasteiger partial charge is 0.339 e. The fourth-order valence-electron chi connectivity index (χ4n) is 2.99. The summed E-state index contributed by atoms with van der Waals surface area (Å²) in [4.78, 5) is 22.1. The molecule has 0 bridgehead atoms. The van der Waals surface area contributed by atoms with Gasteiger partial charge in [0.15, 0.2) is 0 Å². The number of hydrogen-bond acceptors (Lipinski definition) is 5. The number of carboxylic acids is 2. The Balaban J connectivity index is 2.07. The average molecular weight is 380 g/mol. The second-order valence-electron chi connectivity index (χ2n) is 6.26. The highest BCUT2D eigenvalue weighted by Crippen LogP contribution is 2.41. The van der Waals surface area contributed by atoms with E-state index in [0.29, 0.717) is 22.3 Å². The highest BCUT2D eigenvalue weighted by molar-refractivity contribution is 5.93. The Bertz CT molecular complexity index is 1030. The topological polar surface area (TPSA) is 135 Å². The molecule has 0 atom stereocenters. The first-order chi connectivity index (χ1) is 13.2. The first-order valence-corrected chi connectivity index (χ1v) is 8.16. The number of rotatable bonds is 4. The Hall–Kier alpha value is -4.00. The van der Waals surface area contributed by atoms with Gasteiger partial charge in [0.1, 0.15) is 22.8 Å². The molecule has 0 radical (unpaired) electrons. The lowest BCUT2D eigenvalue weighted by atomic mass is 9.95. The molecule has 0 heterocycles. The molecule has 0 spiro atoms. The van der Waals surface area contributed by atoms with E-state index < -0.39 is 17.7 Å². The van der Waals surface area contributed by atoms with Gasteiger partial charge in [-0.3, -0.25) is 0 Å². The number of hydrogen-bond donors (Lipinski definition) is 5. The molecule has 7 heteroatoms. The number of carbonyl (C=O) groups is 2. The Kier molecular flexibility index (Phi) is 4.67. The average Bonchev–Trinajstić information content (AvgIpc) is 2.62. The zero-order valence-corrected chi connectivity index (χ0v) is 14.7. The molecule has 142 valence electrons. The van der Waals surface area contributed by atoms with E-state index in [1.54, 1.807) is 13.0 Å². The third-order valence-electron chi connectivity index (χ3n) is 4.42. The van der Waals surface area contributed by atoms with Gasteiger partial charge in [0.25, 0.3) is 0 Å². The lowest BCUT2D eigenvalue weighted by Gasteiger charge is -2.12. The van der Waals surface area contributed by atoms with Gasteiger partial charge in [-0.1, -0.05) is 18.2 Å². The second kappa shape index (κ2) is 6.96. The number of phenolic OH excluding ortho intramolecular Hbond substituents is 2. The van der Waals surface area contributed by atoms with Crippen LogP contribution in [0.1, 0.15) is 26.3 Å². The van der Waals surface area contributed by atoms with E-state index in [4.69, 9.17) is 10.2 Å². The Morgan fingerprint density at radius 1 is 0.643 bits per heavy atom. The molecule has 28 heavy (non-hydrogen) atoms. The van der Waals surface area contributed by atoms with Crippen LogP contribution in [0.2, 0.25) is 0 Å². The molecule has 0 aliphatic rings. The van der Waals surface area contributed by atoms with Crippen LogP contribution in [0.5, 0.6) is 17.2 Å². The second-order valence-corrected chi connectivity index (χ2v) is 6.26. The SMILES string of the molecule is Cc1cc(-c2cc(O)c(-c3ccc(C(=O)O)c(O)c3)cc2O)ccc1C(=O)O. The predicted octanol–water partition coefficient (Wildman–Crippen LogP) is 3.84. The summed E-state index contributed by atoms with van der Waals surface area (Å²) < 4.78 is 0. The molecule has 0 aliphatic heterocycles. The third kappa shape index (κ3) is 3.33. The van der Waals surface area contributed by atoms with Gasteiger partial charge in [-0.25, -0.2) is 9.59 Å². The van der Waals surface area contributed by atoms with Crippen LogP contribution >= 0.6 is 0 Å². The van der Waals surface area contributed by atoms with Crippen molar-refractivity contribution in [3.63, 3.8) is 0 Å². The molecule has 7 nitrogen and oxygen atoms in total. The van der Waals surface area contributed by atoms with Crippen molar-refractivity contribution in [2.75, 3.05) is 0 Å². The largest absolute Gasteiger partial charge is 0.507 e. The van der Waals surface area contributed by atoms with Gasteiger partial charge in [0.2, 0.25) is 0 Å². The van der Waals surface area contributed by atoms with Crippen LogP contribution in [0.3, 0.4) is 0 Å². The molecular weight excluding hydrogens is 364 g/mol. The summed E-state index contributed by atoms with van der Waals surface area (Å²) >= 11 is 0. The quantitative estimate of drug-likeness (QED) is 0.434. The number of aromatic carboxylic acids is 2. The highest BCUT2D eigenvalue weighted by Gasteiger charge is 2.16. The number of benzene rings is 3. The van der Waals surface area contributed by atoms with Crippen LogP contribution in [-0.4, -0.2) is 37.5 Å². The van der Waals surface area contributed by atoms with Gasteiger partial charge in [-0.2, -0.15) is 0 Å². The van der Waals surface area contributed by atoms with E-state index in [0.717, 1.165) is 0 Å². The van der Waals surface area contributed by atoms with Crippen molar-refractivity contribution in [1.82, 2.24) is 0 Å². The molecule has 0 aromatic heterocycles. The summed E-state index contributed by atoms with van der Waals surface area (Å²) in [6.45, 7) is 1.63. The monoisotopic (exact) mass is 380 g/mol. The standard InChI is InChI=1S/C21H16O7/c1-10-6-11(2-4-13(10)20(25)26)15-8-19(24)16(9-18(15)23)12-3-5-14(21(27)28)17(22)7-12/h2-9,22-24H,1H3,(H,25,26)(H,27,28). The van der Waals surface area contributed by atoms with E-state index in [1.807, 2.05) is 0 Å². The van der Waals surface area contributed by atoms with Crippen molar-refractivity contribution in [3.05, 3.63) is 65.2 Å². The maximum atomic E-state index is 11.1. The molecule has 0 saturated carbocycles. The molecule has 5 N–H and O–H groups in total. The lowest BCUT2D eigenvalue weighted by molar-refractivity contribution is 0.0683. The molecule has 0 aliphatic carbocycles. The fraction of sp³-hybridized carbons (Fsp3) is 0.0476. The maximum Gasteiger partial charge on any atom is 0.339 e. The van der Waals surface area contributed by atoms with Crippen LogP contribution in [0, 0.1) is 6.92 Å². The maximum absolute atomic E-state index is 11.1. The van der Waals surface area contributed by atoms with Gasteiger partial charge in [-0.15, -0.1) is 0 Å². The summed E-state index contributed by atoms with van der Waals surface area (Å²) in [5.41, 5.74) is 1.70. The molecular formula is C21H16O7. The predicted molar refractivity (Wildman–Crippen MR) is 101 cm³/mol. The van der Waals surface area contributed by atoms with Crippen LogP contribution < -0.4 is 0 Å². The zero-order valence-electron chi connectivity index (χ0n) is 14.7. The summed E-state index contributed by atoms with van der Waals surface area (Å²) in [6.07, 6.45) is 0. The Morgan fingerprint density at radius 2 is 1.11 bits per heavy atom. The van der Waals surface area contributed by atoms with Crippen LogP contribution in [-0.2, 0) is 0 Å². The summed E-state index contributed by atoms with van der Waals surface area (Å²) in [5, 5.41) is 48.8. The van der Waals surface area contributed by atoms with Gasteiger partial charge in [-0.05, 0) is 53.9 Å².